The molecule has 14 heterocycles. The van der Waals surface area contributed by atoms with Crippen LogP contribution in [0, 0.1) is 29.6 Å². The van der Waals surface area contributed by atoms with Gasteiger partial charge in [0.15, 0.2) is 23.1 Å². The summed E-state index contributed by atoms with van der Waals surface area (Å²) in [5.74, 6) is -0.593. The highest BCUT2D eigenvalue weighted by atomic mass is 16.6. The number of hydrogen-bond acceptors (Lipinski definition) is 26. The Bertz CT molecular complexity index is 3650. The average Bonchev–Trinajstić information content (AvgIpc) is 1.61. The largest absolute Gasteiger partial charge is 0.461 e. The molecule has 14 rings (SSSR count). The van der Waals surface area contributed by atoms with E-state index in [0.29, 0.717) is 37.3 Å². The molecule has 0 saturated carbocycles. The molecule has 0 aromatic carbocycles. The van der Waals surface area contributed by atoms with Crippen molar-refractivity contribution in [3.05, 3.63) is 105 Å². The van der Waals surface area contributed by atoms with Gasteiger partial charge in [-0.05, 0) is 111 Å². The zero-order valence-corrected chi connectivity index (χ0v) is 59.7. The third-order valence-electron chi connectivity index (χ3n) is 21.6. The van der Waals surface area contributed by atoms with Crippen molar-refractivity contribution in [2.45, 2.75) is 217 Å². The smallest absolute Gasteiger partial charge is 0.301 e. The highest BCUT2D eigenvalue weighted by Crippen LogP contribution is 2.48. The van der Waals surface area contributed by atoms with E-state index in [-0.39, 0.29) is 196 Å². The first kappa shape index (κ1) is 79.9. The second kappa shape index (κ2) is 34.3. The number of aliphatic hydroxyl groups excluding tert-OH is 5. The van der Waals surface area contributed by atoms with Gasteiger partial charge in [0.05, 0.1) is 76.5 Å². The van der Waals surface area contributed by atoms with Gasteiger partial charge in [0.25, 0.3) is 11.1 Å². The number of rotatable bonds is 13. The van der Waals surface area contributed by atoms with Crippen LogP contribution in [0.4, 0.5) is 0 Å². The maximum atomic E-state index is 11.9. The molecule has 16 atom stereocenters. The van der Waals surface area contributed by atoms with Gasteiger partial charge in [-0.15, -0.1) is 0 Å². The first-order chi connectivity index (χ1) is 49.6. The van der Waals surface area contributed by atoms with Gasteiger partial charge >= 0.3 is 12.0 Å². The molecule has 0 radical (unpaired) electrons. The fourth-order valence-electron chi connectivity index (χ4n) is 14.7. The molecule has 0 aliphatic carbocycles. The van der Waals surface area contributed by atoms with Gasteiger partial charge in [0.2, 0.25) is 23.6 Å². The van der Waals surface area contributed by atoms with Gasteiger partial charge < -0.3 is 63.4 Å². The number of nitrogens with zero attached hydrogens (tertiary/aromatic N) is 11. The van der Waals surface area contributed by atoms with Crippen molar-refractivity contribution < 1.29 is 102 Å². The maximum absolute atomic E-state index is 11.9. The van der Waals surface area contributed by atoms with Crippen LogP contribution >= 0.6 is 0 Å². The minimum absolute atomic E-state index is 0.0318. The van der Waals surface area contributed by atoms with Gasteiger partial charge in [-0.3, -0.25) is 76.7 Å². The van der Waals surface area contributed by atoms with Crippen LogP contribution in [0.5, 0.6) is 12.0 Å². The number of ketones is 4. The molecule has 2 aromatic rings. The van der Waals surface area contributed by atoms with Crippen LogP contribution in [-0.2, 0) is 66.8 Å². The van der Waals surface area contributed by atoms with Crippen LogP contribution < -0.4 is 20.6 Å². The maximum Gasteiger partial charge on any atom is 0.301 e. The molecule has 5 N–H and O–H groups in total. The summed E-state index contributed by atoms with van der Waals surface area (Å²) in [7, 11) is 0. The Hall–Kier alpha value is -8.25. The summed E-state index contributed by atoms with van der Waals surface area (Å²) in [6, 6.07) is 3.45. The molecule has 568 valence electrons. The van der Waals surface area contributed by atoms with Crippen molar-refractivity contribution in [2.75, 3.05) is 46.2 Å². The van der Waals surface area contributed by atoms with E-state index in [1.165, 1.54) is 69.7 Å². The Morgan fingerprint density at radius 1 is 0.490 bits per heavy atom. The molecular formula is C70H95N11O23. The van der Waals surface area contributed by atoms with Crippen molar-refractivity contribution in [1.82, 2.24) is 38.7 Å². The SMILES string of the molecule is CCC1(CC)O[C@@H](N2C=CC(=O)CC2=O)C[C@@H]1C.CC[C@@]12COc3nc(=O)ccn3[C@@H](C[C@@H]1C)O2.C[C@H]1C[C@H](N2C=CC(=O)CC2=O)OC1(CO)CO.C[C@H]1C[C@H](N2C=CC(=O)CC2=O)O[C@@H]1CO.C[C@H]1C[C@H]2O[C@]1(CN=[N+]=[N-])COc1nc(=O)ccn12.O=C1C=CN([C@H]2C[C@H](O)[C@@H](CO)O2)C(=O)C1. The molecule has 12 aliphatic heterocycles. The topological polar surface area (TPSA) is 443 Å². The first-order valence-electron chi connectivity index (χ1n) is 35.2. The molecule has 12 aliphatic rings. The van der Waals surface area contributed by atoms with Crippen molar-refractivity contribution in [2.24, 2.45) is 34.7 Å². The number of carbonyl (C=O) groups excluding carboxylic acids is 8. The number of ether oxygens (including phenoxy) is 8. The van der Waals surface area contributed by atoms with Crippen LogP contribution in [0.15, 0.2) is 88.3 Å². The number of fused-ring (bicyclic) bond motifs is 8. The minimum atomic E-state index is -1.01. The van der Waals surface area contributed by atoms with Crippen LogP contribution in [0.25, 0.3) is 10.4 Å². The van der Waals surface area contributed by atoms with E-state index in [1.54, 1.807) is 28.1 Å². The second-order valence-corrected chi connectivity index (χ2v) is 28.0. The molecule has 6 fully saturated rings. The molecule has 34 nitrogen and oxygen atoms in total. The van der Waals surface area contributed by atoms with Crippen LogP contribution in [0.3, 0.4) is 0 Å². The summed E-state index contributed by atoms with van der Waals surface area (Å²) in [6.07, 6.45) is 17.4. The Kier molecular flexibility index (Phi) is 26.4. The lowest BCUT2D eigenvalue weighted by Gasteiger charge is -2.33. The lowest BCUT2D eigenvalue weighted by Crippen LogP contribution is -2.45. The molecular weight excluding hydrogens is 1360 g/mol. The predicted octanol–water partition coefficient (Wildman–Crippen LogP) is 3.04. The summed E-state index contributed by atoms with van der Waals surface area (Å²) in [5, 5.41) is 49.8. The Balaban J connectivity index is 0.000000145. The monoisotopic (exact) mass is 1460 g/mol. The Labute approximate surface area is 599 Å². The normalized spacial score (nSPS) is 33.0. The summed E-state index contributed by atoms with van der Waals surface area (Å²) < 4.78 is 49.6. The van der Waals surface area contributed by atoms with Crippen molar-refractivity contribution >= 4 is 46.8 Å². The molecule has 2 aromatic heterocycles. The lowest BCUT2D eigenvalue weighted by atomic mass is 9.84. The van der Waals surface area contributed by atoms with Crippen LogP contribution in [-0.4, -0.2) is 223 Å². The van der Waals surface area contributed by atoms with Gasteiger partial charge in [-0.2, -0.15) is 9.97 Å². The van der Waals surface area contributed by atoms with E-state index in [1.807, 2.05) is 25.3 Å². The van der Waals surface area contributed by atoms with E-state index in [9.17, 15) is 63.3 Å². The first-order valence-corrected chi connectivity index (χ1v) is 35.2. The molecule has 104 heavy (non-hydrogen) atoms. The van der Waals surface area contributed by atoms with Gasteiger partial charge in [-0.25, -0.2) is 0 Å². The van der Waals surface area contributed by atoms with E-state index in [4.69, 9.17) is 53.6 Å². The number of amides is 4. The zero-order valence-electron chi connectivity index (χ0n) is 59.7. The van der Waals surface area contributed by atoms with Gasteiger partial charge in [-0.1, -0.05) is 60.5 Å². The summed E-state index contributed by atoms with van der Waals surface area (Å²) >= 11 is 0. The number of aliphatic hydroxyl groups is 5. The third kappa shape index (κ3) is 17.7. The molecule has 0 spiro atoms. The van der Waals surface area contributed by atoms with E-state index in [0.717, 1.165) is 38.5 Å². The van der Waals surface area contributed by atoms with Gasteiger partial charge in [0, 0.05) is 60.7 Å². The standard InChI is InChI=1S/C14H21NO3.C12H16N2O3.C12H17NO5.C11H13N5O3.C11H15NO4.C10H13NO5/c1-4-14(5-2)10(3)8-13(18-14)15-7-6-11(16)9-12(15)17;1-3-12-7-16-11-13-9(15)4-5-14(11)10(17-12)6-8(12)2;1-8-4-11(18-12(8,6-14)7-15)13-3-2-9(16)5-10(13)17;1-7-4-9-16-3-2-8(17)14-10(16)18-6-11(7,19-9)5-13-15-12;1-7-4-11(16-9(7)6-13)12-3-2-8(14)5-10(12)15;12-5-8-7(14)4-10(16-8)11-2-1-6(13)3-9(11)15/h6-7,10,13H,4-5,8-9H2,1-3H3;4-5,8,10H,3,6-7H2,1-2H3;2-3,8,11,14-15H,4-7H2,1H3;2-3,7,9H,4-6H2,1H3;2-3,7,9,11,13H,4-6H2,1H3;1-2,7-8,10,12,14H,3-5H2/t10-,13+;8-,10+,12+;8-,11+;2*7-,9+,11+;7-,8+,10+/m000000/s1. The van der Waals surface area contributed by atoms with E-state index in [2.05, 4.69) is 54.6 Å². The lowest BCUT2D eigenvalue weighted by molar-refractivity contribution is -0.162. The fourth-order valence-corrected chi connectivity index (χ4v) is 14.7. The summed E-state index contributed by atoms with van der Waals surface area (Å²) in [5.41, 5.74) is 5.85. The average molecular weight is 1460 g/mol. The summed E-state index contributed by atoms with van der Waals surface area (Å²) in [4.78, 5) is 130. The molecule has 34 heteroatoms. The number of aromatic nitrogens is 4. The minimum Gasteiger partial charge on any atom is -0.461 e. The fraction of sp³-hybridized carbons (Fsp3) is 0.657. The van der Waals surface area contributed by atoms with E-state index < -0.39 is 35.9 Å². The highest BCUT2D eigenvalue weighted by molar-refractivity contribution is 6.08. The second-order valence-electron chi connectivity index (χ2n) is 28.0. The number of allylic oxidation sites excluding steroid dienone is 4. The number of carbonyl (C=O) groups is 8. The molecule has 4 amide bonds. The molecule has 6 saturated heterocycles. The van der Waals surface area contributed by atoms with Crippen molar-refractivity contribution in [3.63, 3.8) is 0 Å². The Morgan fingerprint density at radius 2 is 0.875 bits per heavy atom. The van der Waals surface area contributed by atoms with Crippen molar-refractivity contribution in [3.8, 4) is 12.0 Å². The Morgan fingerprint density at radius 3 is 1.25 bits per heavy atom. The predicted molar refractivity (Wildman–Crippen MR) is 361 cm³/mol. The molecule has 0 unspecified atom stereocenters. The van der Waals surface area contributed by atoms with Gasteiger partial charge in [0.1, 0.15) is 73.5 Å². The summed E-state index contributed by atoms with van der Waals surface area (Å²) in [6.45, 7) is 16.6. The number of azide groups is 1. The molecule has 4 bridgehead atoms. The quantitative estimate of drug-likeness (QED) is 0.0832. The van der Waals surface area contributed by atoms with Crippen LogP contribution in [0.2, 0.25) is 0 Å². The highest BCUT2D eigenvalue weighted by Gasteiger charge is 2.53. The van der Waals surface area contributed by atoms with E-state index >= 15 is 0 Å². The zero-order chi connectivity index (χ0) is 75.6. The third-order valence-corrected chi connectivity index (χ3v) is 21.6. The van der Waals surface area contributed by atoms with Crippen LogP contribution in [0.1, 0.15) is 151 Å². The number of hydrogen-bond donors (Lipinski definition) is 5. The van der Waals surface area contributed by atoms with Crippen molar-refractivity contribution in [1.29, 1.82) is 0 Å².